The predicted molar refractivity (Wildman–Crippen MR) is 46.2 cm³/mol. The summed E-state index contributed by atoms with van der Waals surface area (Å²) in [5.41, 5.74) is 8.18. The number of amides is 2. The van der Waals surface area contributed by atoms with E-state index in [4.69, 9.17) is 10.3 Å². The first-order chi connectivity index (χ1) is 6.09. The Kier molecular flexibility index (Phi) is 2.63. The molecule has 0 saturated heterocycles. The highest BCUT2D eigenvalue weighted by atomic mass is 16.5. The molecular weight excluding hydrogens is 172 g/mol. The fourth-order valence-corrected chi connectivity index (χ4v) is 0.728. The zero-order valence-corrected chi connectivity index (χ0v) is 7.37. The van der Waals surface area contributed by atoms with Gasteiger partial charge in [-0.3, -0.25) is 0 Å². The van der Waals surface area contributed by atoms with Gasteiger partial charge in [-0.05, 0) is 13.8 Å². The first kappa shape index (κ1) is 9.24. The average Bonchev–Trinajstić information content (AvgIpc) is 2.47. The van der Waals surface area contributed by atoms with Gasteiger partial charge in [0.1, 0.15) is 5.71 Å². The molecule has 1 aromatic rings. The first-order valence-electron chi connectivity index (χ1n) is 3.63. The standard InChI is InChI=1S/C7H10N4O2/c1-4-3-6(13-11-4)5(2)9-10-7(8)12/h3H,1-2H3,(H3,8,10,12)/b9-5+. The molecule has 0 aliphatic rings. The number of nitrogens with zero attached hydrogens (tertiary/aromatic N) is 2. The summed E-state index contributed by atoms with van der Waals surface area (Å²) in [5.74, 6) is 0.506. The molecule has 6 heteroatoms. The van der Waals surface area contributed by atoms with Gasteiger partial charge in [0.05, 0.1) is 5.69 Å². The van der Waals surface area contributed by atoms with Crippen LogP contribution >= 0.6 is 0 Å². The number of carbonyl (C=O) groups excluding carboxylic acids is 1. The largest absolute Gasteiger partial charge is 0.355 e. The molecular formula is C7H10N4O2. The summed E-state index contributed by atoms with van der Waals surface area (Å²) in [4.78, 5) is 10.3. The molecule has 0 saturated carbocycles. The van der Waals surface area contributed by atoms with Crippen LogP contribution in [0.4, 0.5) is 4.79 Å². The molecule has 6 nitrogen and oxygen atoms in total. The summed E-state index contributed by atoms with van der Waals surface area (Å²) in [6.45, 7) is 3.47. The summed E-state index contributed by atoms with van der Waals surface area (Å²) < 4.78 is 4.89. The molecule has 0 bridgehead atoms. The SMILES string of the molecule is C/C(=N\NC(N)=O)c1cc(C)no1. The number of rotatable bonds is 2. The number of urea groups is 1. The monoisotopic (exact) mass is 182 g/mol. The van der Waals surface area contributed by atoms with Gasteiger partial charge in [0.2, 0.25) is 0 Å². The number of nitrogens with two attached hydrogens (primary N) is 1. The molecule has 0 radical (unpaired) electrons. The van der Waals surface area contributed by atoms with Crippen LogP contribution in [0.1, 0.15) is 18.4 Å². The van der Waals surface area contributed by atoms with E-state index in [2.05, 4.69) is 15.7 Å². The molecule has 1 heterocycles. The maximum absolute atomic E-state index is 10.3. The maximum atomic E-state index is 10.3. The number of hydrogen-bond donors (Lipinski definition) is 2. The molecule has 1 rings (SSSR count). The van der Waals surface area contributed by atoms with Crippen LogP contribution in [-0.2, 0) is 0 Å². The normalized spacial score (nSPS) is 11.4. The van der Waals surface area contributed by atoms with Gasteiger partial charge in [-0.2, -0.15) is 5.10 Å². The minimum absolute atomic E-state index is 0.506. The lowest BCUT2D eigenvalue weighted by molar-refractivity contribution is 0.249. The lowest BCUT2D eigenvalue weighted by Gasteiger charge is -1.93. The number of carbonyl (C=O) groups is 1. The second kappa shape index (κ2) is 3.70. The van der Waals surface area contributed by atoms with E-state index in [1.165, 1.54) is 0 Å². The second-order valence-electron chi connectivity index (χ2n) is 2.51. The van der Waals surface area contributed by atoms with E-state index in [0.29, 0.717) is 11.5 Å². The zero-order chi connectivity index (χ0) is 9.84. The Hall–Kier alpha value is -1.85. The van der Waals surface area contributed by atoms with Crippen molar-refractivity contribution in [2.75, 3.05) is 0 Å². The van der Waals surface area contributed by atoms with E-state index in [1.54, 1.807) is 19.9 Å². The smallest absolute Gasteiger partial charge is 0.332 e. The lowest BCUT2D eigenvalue weighted by atomic mass is 10.3. The van der Waals surface area contributed by atoms with E-state index in [-0.39, 0.29) is 0 Å². The van der Waals surface area contributed by atoms with Gasteiger partial charge in [-0.25, -0.2) is 10.2 Å². The van der Waals surface area contributed by atoms with Crippen molar-refractivity contribution >= 4 is 11.7 Å². The van der Waals surface area contributed by atoms with E-state index >= 15 is 0 Å². The van der Waals surface area contributed by atoms with E-state index in [1.807, 2.05) is 0 Å². The number of hydrazone groups is 1. The number of primary amides is 1. The molecule has 0 aromatic carbocycles. The topological polar surface area (TPSA) is 93.5 Å². The third-order valence-electron chi connectivity index (χ3n) is 1.32. The van der Waals surface area contributed by atoms with Crippen molar-refractivity contribution in [3.8, 4) is 0 Å². The quantitative estimate of drug-likeness (QED) is 0.511. The lowest BCUT2D eigenvalue weighted by Crippen LogP contribution is -2.25. The molecule has 70 valence electrons. The van der Waals surface area contributed by atoms with Gasteiger partial charge in [0, 0.05) is 6.07 Å². The van der Waals surface area contributed by atoms with E-state index in [9.17, 15) is 4.79 Å². The molecule has 0 aliphatic heterocycles. The number of nitrogens with one attached hydrogen (secondary N) is 1. The summed E-state index contributed by atoms with van der Waals surface area (Å²) in [6, 6.07) is 0.997. The van der Waals surface area contributed by atoms with Crippen LogP contribution < -0.4 is 11.2 Å². The molecule has 0 fully saturated rings. The third kappa shape index (κ3) is 2.58. The van der Waals surface area contributed by atoms with Gasteiger partial charge in [-0.15, -0.1) is 0 Å². The summed E-state index contributed by atoms with van der Waals surface area (Å²) in [6.07, 6.45) is 0. The van der Waals surface area contributed by atoms with Crippen molar-refractivity contribution in [2.24, 2.45) is 10.8 Å². The fraction of sp³-hybridized carbons (Fsp3) is 0.286. The van der Waals surface area contributed by atoms with Crippen LogP contribution in [0.3, 0.4) is 0 Å². The van der Waals surface area contributed by atoms with Gasteiger partial charge < -0.3 is 10.3 Å². The summed E-state index contributed by atoms with van der Waals surface area (Å²) in [7, 11) is 0. The average molecular weight is 182 g/mol. The van der Waals surface area contributed by atoms with Gasteiger partial charge >= 0.3 is 6.03 Å². The molecule has 0 unspecified atom stereocenters. The highest BCUT2D eigenvalue weighted by molar-refractivity contribution is 5.96. The Bertz CT molecular complexity index is 342. The first-order valence-corrected chi connectivity index (χ1v) is 3.63. The zero-order valence-electron chi connectivity index (χ0n) is 7.37. The molecule has 1 aromatic heterocycles. The molecule has 0 spiro atoms. The molecule has 13 heavy (non-hydrogen) atoms. The number of hydrogen-bond acceptors (Lipinski definition) is 4. The minimum atomic E-state index is -0.712. The van der Waals surface area contributed by atoms with Crippen LogP contribution in [0.25, 0.3) is 0 Å². The second-order valence-corrected chi connectivity index (χ2v) is 2.51. The Morgan fingerprint density at radius 3 is 2.92 bits per heavy atom. The van der Waals surface area contributed by atoms with E-state index in [0.717, 1.165) is 5.69 Å². The van der Waals surface area contributed by atoms with Crippen LogP contribution in [0.15, 0.2) is 15.7 Å². The Morgan fingerprint density at radius 1 is 1.77 bits per heavy atom. The summed E-state index contributed by atoms with van der Waals surface area (Å²) in [5, 5.41) is 7.33. The van der Waals surface area contributed by atoms with Crippen molar-refractivity contribution in [1.29, 1.82) is 0 Å². The van der Waals surface area contributed by atoms with Crippen LogP contribution in [0.5, 0.6) is 0 Å². The Morgan fingerprint density at radius 2 is 2.46 bits per heavy atom. The van der Waals surface area contributed by atoms with Gasteiger partial charge in [0.15, 0.2) is 5.76 Å². The molecule has 0 atom stereocenters. The van der Waals surface area contributed by atoms with Crippen molar-refractivity contribution in [3.05, 3.63) is 17.5 Å². The fourth-order valence-electron chi connectivity index (χ4n) is 0.728. The van der Waals surface area contributed by atoms with Crippen LogP contribution in [-0.4, -0.2) is 16.9 Å². The van der Waals surface area contributed by atoms with Gasteiger partial charge in [-0.1, -0.05) is 5.16 Å². The van der Waals surface area contributed by atoms with Crippen molar-refractivity contribution in [1.82, 2.24) is 10.6 Å². The third-order valence-corrected chi connectivity index (χ3v) is 1.32. The van der Waals surface area contributed by atoms with Crippen molar-refractivity contribution in [3.63, 3.8) is 0 Å². The maximum Gasteiger partial charge on any atom is 0.332 e. The summed E-state index contributed by atoms with van der Waals surface area (Å²) >= 11 is 0. The molecule has 3 N–H and O–H groups in total. The van der Waals surface area contributed by atoms with E-state index < -0.39 is 6.03 Å². The highest BCUT2D eigenvalue weighted by Gasteiger charge is 2.03. The van der Waals surface area contributed by atoms with Crippen LogP contribution in [0.2, 0.25) is 0 Å². The highest BCUT2D eigenvalue weighted by Crippen LogP contribution is 2.02. The van der Waals surface area contributed by atoms with Gasteiger partial charge in [0.25, 0.3) is 0 Å². The number of aryl methyl sites for hydroxylation is 1. The predicted octanol–water partition coefficient (Wildman–Crippen LogP) is 0.375. The van der Waals surface area contributed by atoms with Crippen molar-refractivity contribution < 1.29 is 9.32 Å². The minimum Gasteiger partial charge on any atom is -0.355 e. The molecule has 0 aliphatic carbocycles. The number of aromatic nitrogens is 1. The molecule has 2 amide bonds. The van der Waals surface area contributed by atoms with Crippen molar-refractivity contribution in [2.45, 2.75) is 13.8 Å². The van der Waals surface area contributed by atoms with Crippen LogP contribution in [0, 0.1) is 6.92 Å². The Labute approximate surface area is 74.8 Å². The Balaban J connectivity index is 2.72.